The molecule has 1 spiro atoms. The van der Waals surface area contributed by atoms with Crippen molar-refractivity contribution < 1.29 is 19.1 Å². The number of rotatable bonds is 3. The fraction of sp³-hybridized carbons (Fsp3) is 0.400. The van der Waals surface area contributed by atoms with Crippen LogP contribution >= 0.6 is 0 Å². The van der Waals surface area contributed by atoms with Crippen molar-refractivity contribution in [2.45, 2.75) is 25.8 Å². The van der Waals surface area contributed by atoms with Gasteiger partial charge in [0.05, 0.1) is 13.7 Å². The maximum atomic E-state index is 12.5. The first-order valence-electron chi connectivity index (χ1n) is 6.87. The highest BCUT2D eigenvalue weighted by atomic mass is 16.5. The summed E-state index contributed by atoms with van der Waals surface area (Å²) in [4.78, 5) is 37.4. The maximum Gasteiger partial charge on any atom is 0.331 e. The van der Waals surface area contributed by atoms with Crippen molar-refractivity contribution in [2.24, 2.45) is 5.41 Å². The third kappa shape index (κ3) is 2.07. The minimum absolute atomic E-state index is 0.156. The highest BCUT2D eigenvalue weighted by molar-refractivity contribution is 6.19. The minimum atomic E-state index is -1.01. The van der Waals surface area contributed by atoms with Crippen LogP contribution in [0.15, 0.2) is 24.3 Å². The number of methoxy groups -OCH3 is 1. The third-order valence-corrected chi connectivity index (χ3v) is 4.26. The summed E-state index contributed by atoms with van der Waals surface area (Å²) in [6.07, 6.45) is 1.87. The van der Waals surface area contributed by atoms with Gasteiger partial charge in [-0.3, -0.25) is 19.8 Å². The van der Waals surface area contributed by atoms with E-state index in [0.717, 1.165) is 16.9 Å². The van der Waals surface area contributed by atoms with Crippen LogP contribution < -0.4 is 10.1 Å². The maximum absolute atomic E-state index is 12.5. The molecule has 0 unspecified atom stereocenters. The highest BCUT2D eigenvalue weighted by Crippen LogP contribution is 2.44. The number of ether oxygens (including phenoxy) is 1. The number of hydrogen-bond acceptors (Lipinski definition) is 4. The van der Waals surface area contributed by atoms with Crippen LogP contribution in [-0.2, 0) is 16.1 Å². The molecule has 21 heavy (non-hydrogen) atoms. The number of carbonyl (C=O) groups is 3. The van der Waals surface area contributed by atoms with Gasteiger partial charge in [0, 0.05) is 0 Å². The Bertz CT molecular complexity index is 605. The number of nitrogens with zero attached hydrogens (tertiary/aromatic N) is 1. The molecule has 1 aliphatic heterocycles. The van der Waals surface area contributed by atoms with Crippen LogP contribution in [-0.4, -0.2) is 29.9 Å². The number of benzene rings is 1. The van der Waals surface area contributed by atoms with Gasteiger partial charge < -0.3 is 4.74 Å². The molecular formula is C15H16N2O4. The van der Waals surface area contributed by atoms with Gasteiger partial charge in [-0.25, -0.2) is 4.79 Å². The van der Waals surface area contributed by atoms with Gasteiger partial charge in [-0.05, 0) is 30.5 Å². The summed E-state index contributed by atoms with van der Waals surface area (Å²) < 4.78 is 5.07. The van der Waals surface area contributed by atoms with E-state index in [1.165, 1.54) is 0 Å². The first-order valence-corrected chi connectivity index (χ1v) is 6.87. The van der Waals surface area contributed by atoms with Gasteiger partial charge in [0.25, 0.3) is 0 Å². The largest absolute Gasteiger partial charge is 0.497 e. The molecule has 3 rings (SSSR count). The summed E-state index contributed by atoms with van der Waals surface area (Å²) >= 11 is 0. The Morgan fingerprint density at radius 2 is 1.86 bits per heavy atom. The first-order chi connectivity index (χ1) is 10.1. The van der Waals surface area contributed by atoms with Gasteiger partial charge in [0.2, 0.25) is 11.8 Å². The molecule has 4 amide bonds. The van der Waals surface area contributed by atoms with E-state index in [2.05, 4.69) is 5.32 Å². The number of barbiturate groups is 1. The second kappa shape index (κ2) is 4.87. The molecule has 0 aromatic heterocycles. The lowest BCUT2D eigenvalue weighted by molar-refractivity contribution is -0.158. The molecule has 1 heterocycles. The Morgan fingerprint density at radius 1 is 1.19 bits per heavy atom. The Morgan fingerprint density at radius 3 is 2.38 bits per heavy atom. The molecule has 0 atom stereocenters. The van der Waals surface area contributed by atoms with Crippen LogP contribution in [0.5, 0.6) is 5.75 Å². The van der Waals surface area contributed by atoms with Crippen molar-refractivity contribution in [1.82, 2.24) is 10.2 Å². The van der Waals surface area contributed by atoms with Crippen LogP contribution in [0.3, 0.4) is 0 Å². The van der Waals surface area contributed by atoms with Crippen LogP contribution in [0, 0.1) is 5.41 Å². The SMILES string of the molecule is COc1ccc(CN2C(=O)NC(=O)C3(CCC3)C2=O)cc1. The lowest BCUT2D eigenvalue weighted by Crippen LogP contribution is -2.65. The molecule has 110 valence electrons. The molecule has 2 aliphatic rings. The highest BCUT2D eigenvalue weighted by Gasteiger charge is 2.57. The number of urea groups is 1. The van der Waals surface area contributed by atoms with Gasteiger partial charge in [-0.2, -0.15) is 0 Å². The van der Waals surface area contributed by atoms with Crippen molar-refractivity contribution in [3.63, 3.8) is 0 Å². The molecule has 1 aliphatic carbocycles. The fourth-order valence-corrected chi connectivity index (χ4v) is 2.76. The average Bonchev–Trinajstić information content (AvgIpc) is 2.42. The van der Waals surface area contributed by atoms with E-state index in [9.17, 15) is 14.4 Å². The molecule has 1 aromatic carbocycles. The quantitative estimate of drug-likeness (QED) is 0.854. The van der Waals surface area contributed by atoms with Gasteiger partial charge in [0.1, 0.15) is 11.2 Å². The monoisotopic (exact) mass is 288 g/mol. The standard InChI is InChI=1S/C15H16N2O4/c1-21-11-5-3-10(4-6-11)9-17-13(19)15(7-2-8-15)12(18)16-14(17)20/h3-6H,2,7-9H2,1H3,(H,16,18,20). The van der Waals surface area contributed by atoms with Crippen LogP contribution in [0.2, 0.25) is 0 Å². The predicted molar refractivity (Wildman–Crippen MR) is 73.4 cm³/mol. The Balaban J connectivity index is 1.81. The van der Waals surface area contributed by atoms with Crippen molar-refractivity contribution in [3.8, 4) is 5.75 Å². The Labute approximate surface area is 122 Å². The van der Waals surface area contributed by atoms with Crippen LogP contribution in [0.25, 0.3) is 0 Å². The van der Waals surface area contributed by atoms with E-state index < -0.39 is 17.4 Å². The van der Waals surface area contributed by atoms with Crippen molar-refractivity contribution in [2.75, 3.05) is 7.11 Å². The summed E-state index contributed by atoms with van der Waals surface area (Å²) in [5, 5.41) is 2.30. The van der Waals surface area contributed by atoms with E-state index in [1.54, 1.807) is 31.4 Å². The molecule has 0 radical (unpaired) electrons. The first kappa shape index (κ1) is 13.6. The molecule has 0 bridgehead atoms. The van der Waals surface area contributed by atoms with Crippen molar-refractivity contribution in [3.05, 3.63) is 29.8 Å². The molecule has 1 saturated heterocycles. The van der Waals surface area contributed by atoms with Crippen molar-refractivity contribution in [1.29, 1.82) is 0 Å². The minimum Gasteiger partial charge on any atom is -0.497 e. The number of hydrogen-bond donors (Lipinski definition) is 1. The molecule has 1 saturated carbocycles. The Hall–Kier alpha value is -2.37. The van der Waals surface area contributed by atoms with E-state index in [0.29, 0.717) is 18.6 Å². The number of amides is 4. The molecule has 2 fully saturated rings. The van der Waals surface area contributed by atoms with Gasteiger partial charge >= 0.3 is 6.03 Å². The van der Waals surface area contributed by atoms with Crippen LogP contribution in [0.1, 0.15) is 24.8 Å². The molecule has 1 N–H and O–H groups in total. The second-order valence-electron chi connectivity index (χ2n) is 5.43. The molecule has 1 aromatic rings. The molecule has 6 heteroatoms. The van der Waals surface area contributed by atoms with Gasteiger partial charge in [-0.1, -0.05) is 18.6 Å². The number of nitrogens with one attached hydrogen (secondary N) is 1. The normalized spacial score (nSPS) is 20.2. The number of carbonyl (C=O) groups excluding carboxylic acids is 3. The number of imide groups is 2. The average molecular weight is 288 g/mol. The van der Waals surface area contributed by atoms with E-state index in [4.69, 9.17) is 4.74 Å². The summed E-state index contributed by atoms with van der Waals surface area (Å²) in [5.74, 6) is -0.119. The third-order valence-electron chi connectivity index (χ3n) is 4.26. The summed E-state index contributed by atoms with van der Waals surface area (Å²) in [7, 11) is 1.57. The van der Waals surface area contributed by atoms with E-state index in [-0.39, 0.29) is 12.5 Å². The van der Waals surface area contributed by atoms with Crippen LogP contribution in [0.4, 0.5) is 4.79 Å². The topological polar surface area (TPSA) is 75.7 Å². The summed E-state index contributed by atoms with van der Waals surface area (Å²) in [6, 6.07) is 6.49. The zero-order chi connectivity index (χ0) is 15.0. The predicted octanol–water partition coefficient (Wildman–Crippen LogP) is 1.44. The lowest BCUT2D eigenvalue weighted by atomic mass is 9.66. The zero-order valence-corrected chi connectivity index (χ0v) is 11.7. The molecular weight excluding hydrogens is 272 g/mol. The van der Waals surface area contributed by atoms with Gasteiger partial charge in [0.15, 0.2) is 0 Å². The smallest absolute Gasteiger partial charge is 0.331 e. The fourth-order valence-electron chi connectivity index (χ4n) is 2.76. The van der Waals surface area contributed by atoms with E-state index in [1.807, 2.05) is 0 Å². The zero-order valence-electron chi connectivity index (χ0n) is 11.7. The summed E-state index contributed by atoms with van der Waals surface area (Å²) in [6.45, 7) is 0.156. The molecule has 6 nitrogen and oxygen atoms in total. The second-order valence-corrected chi connectivity index (χ2v) is 5.43. The van der Waals surface area contributed by atoms with Gasteiger partial charge in [-0.15, -0.1) is 0 Å². The van der Waals surface area contributed by atoms with E-state index >= 15 is 0 Å². The lowest BCUT2D eigenvalue weighted by Gasteiger charge is -2.44. The Kier molecular flexibility index (Phi) is 3.16. The van der Waals surface area contributed by atoms with Crippen molar-refractivity contribution >= 4 is 17.8 Å². The summed E-state index contributed by atoms with van der Waals surface area (Å²) in [5.41, 5.74) is -0.205.